The van der Waals surface area contributed by atoms with E-state index in [4.69, 9.17) is 4.74 Å². The second-order valence-corrected chi connectivity index (χ2v) is 7.15. The predicted octanol–water partition coefficient (Wildman–Crippen LogP) is 7.38. The molecule has 1 aromatic carbocycles. The Morgan fingerprint density at radius 2 is 1.33 bits per heavy atom. The maximum Gasteiger partial charge on any atom is 0.165 e. The van der Waals surface area contributed by atoms with Crippen molar-refractivity contribution in [1.82, 2.24) is 0 Å². The number of methoxy groups -OCH3 is 1. The summed E-state index contributed by atoms with van der Waals surface area (Å²) in [5.74, 6) is 0.467. The van der Waals surface area contributed by atoms with Crippen LogP contribution in [0.2, 0.25) is 0 Å². The summed E-state index contributed by atoms with van der Waals surface area (Å²) in [4.78, 5) is 0. The standard InChI is InChI=1S/C24H38O3/c1-3-4-5-6-7-8-9-10-11-12-13-14-15-16-17-18-21-19-22(25)20-23(27-2)24(21)26/h8-9,17-20,25-26H,3-7,10-16H2,1-2H3. The van der Waals surface area contributed by atoms with Crippen molar-refractivity contribution in [2.24, 2.45) is 0 Å². The molecular formula is C24H38O3. The van der Waals surface area contributed by atoms with Crippen molar-refractivity contribution >= 4 is 6.08 Å². The second kappa shape index (κ2) is 15.2. The zero-order valence-electron chi connectivity index (χ0n) is 17.3. The maximum atomic E-state index is 10.0. The average molecular weight is 375 g/mol. The second-order valence-electron chi connectivity index (χ2n) is 7.15. The van der Waals surface area contributed by atoms with Gasteiger partial charge in [0.25, 0.3) is 0 Å². The Morgan fingerprint density at radius 1 is 0.778 bits per heavy atom. The quantitative estimate of drug-likeness (QED) is 0.191. The first kappa shape index (κ1) is 23.1. The van der Waals surface area contributed by atoms with Gasteiger partial charge in [0.05, 0.1) is 7.11 Å². The molecule has 0 saturated heterocycles. The zero-order chi connectivity index (χ0) is 19.7. The normalized spacial score (nSPS) is 11.6. The fourth-order valence-electron chi connectivity index (χ4n) is 3.09. The molecule has 0 spiro atoms. The Balaban J connectivity index is 2.05. The maximum absolute atomic E-state index is 10.0. The third kappa shape index (κ3) is 10.7. The number of aromatic hydroxyl groups is 2. The molecule has 0 fully saturated rings. The molecule has 0 bridgehead atoms. The van der Waals surface area contributed by atoms with Crippen LogP contribution >= 0.6 is 0 Å². The summed E-state index contributed by atoms with van der Waals surface area (Å²) in [7, 11) is 1.48. The minimum atomic E-state index is 0.0740. The van der Waals surface area contributed by atoms with Gasteiger partial charge in [-0.05, 0) is 44.6 Å². The lowest BCUT2D eigenvalue weighted by Gasteiger charge is -2.07. The van der Waals surface area contributed by atoms with E-state index in [0.717, 1.165) is 12.8 Å². The van der Waals surface area contributed by atoms with Crippen molar-refractivity contribution in [3.05, 3.63) is 35.9 Å². The van der Waals surface area contributed by atoms with Gasteiger partial charge in [0.15, 0.2) is 11.5 Å². The first-order valence-electron chi connectivity index (χ1n) is 10.6. The fraction of sp³-hybridized carbons (Fsp3) is 0.583. The van der Waals surface area contributed by atoms with Gasteiger partial charge in [-0.15, -0.1) is 0 Å². The van der Waals surface area contributed by atoms with E-state index in [0.29, 0.717) is 11.3 Å². The Bertz CT molecular complexity index is 561. The highest BCUT2D eigenvalue weighted by Gasteiger charge is 2.07. The number of allylic oxidation sites excluding steroid dienone is 3. The minimum Gasteiger partial charge on any atom is -0.508 e. The van der Waals surface area contributed by atoms with Crippen LogP contribution in [0, 0.1) is 0 Å². The highest BCUT2D eigenvalue weighted by Crippen LogP contribution is 2.34. The molecule has 27 heavy (non-hydrogen) atoms. The number of benzene rings is 1. The molecule has 1 rings (SSSR count). The highest BCUT2D eigenvalue weighted by atomic mass is 16.5. The van der Waals surface area contributed by atoms with Crippen molar-refractivity contribution < 1.29 is 14.9 Å². The van der Waals surface area contributed by atoms with Crippen LogP contribution < -0.4 is 4.74 Å². The van der Waals surface area contributed by atoms with Gasteiger partial charge in [-0.1, -0.05) is 69.8 Å². The van der Waals surface area contributed by atoms with Crippen LogP contribution in [0.5, 0.6) is 17.2 Å². The Morgan fingerprint density at radius 3 is 1.93 bits per heavy atom. The monoisotopic (exact) mass is 374 g/mol. The zero-order valence-corrected chi connectivity index (χ0v) is 17.3. The number of hydrogen-bond donors (Lipinski definition) is 2. The summed E-state index contributed by atoms with van der Waals surface area (Å²) in [6.07, 6.45) is 23.7. The van der Waals surface area contributed by atoms with Gasteiger partial charge in [-0.2, -0.15) is 0 Å². The van der Waals surface area contributed by atoms with E-state index in [1.54, 1.807) is 6.07 Å². The third-order valence-corrected chi connectivity index (χ3v) is 4.74. The van der Waals surface area contributed by atoms with Crippen molar-refractivity contribution in [2.45, 2.75) is 84.0 Å². The summed E-state index contributed by atoms with van der Waals surface area (Å²) >= 11 is 0. The van der Waals surface area contributed by atoms with E-state index < -0.39 is 0 Å². The molecule has 3 nitrogen and oxygen atoms in total. The molecule has 1 aromatic rings. The van der Waals surface area contributed by atoms with Gasteiger partial charge < -0.3 is 14.9 Å². The molecule has 0 radical (unpaired) electrons. The van der Waals surface area contributed by atoms with E-state index in [1.165, 1.54) is 77.4 Å². The number of unbranched alkanes of at least 4 members (excludes halogenated alkanes) is 10. The topological polar surface area (TPSA) is 49.7 Å². The number of phenols is 2. The van der Waals surface area contributed by atoms with Gasteiger partial charge >= 0.3 is 0 Å². The number of ether oxygens (including phenoxy) is 1. The molecule has 0 aliphatic rings. The van der Waals surface area contributed by atoms with Crippen LogP contribution in [0.3, 0.4) is 0 Å². The van der Waals surface area contributed by atoms with Crippen molar-refractivity contribution in [1.29, 1.82) is 0 Å². The van der Waals surface area contributed by atoms with Crippen molar-refractivity contribution in [3.8, 4) is 17.2 Å². The van der Waals surface area contributed by atoms with Gasteiger partial charge in [0.2, 0.25) is 0 Å². The largest absolute Gasteiger partial charge is 0.508 e. The van der Waals surface area contributed by atoms with E-state index >= 15 is 0 Å². The van der Waals surface area contributed by atoms with Gasteiger partial charge in [0.1, 0.15) is 5.75 Å². The smallest absolute Gasteiger partial charge is 0.165 e. The average Bonchev–Trinajstić information content (AvgIpc) is 2.67. The summed E-state index contributed by atoms with van der Waals surface area (Å²) in [6.45, 7) is 2.25. The molecule has 0 unspecified atom stereocenters. The lowest BCUT2D eigenvalue weighted by Crippen LogP contribution is -1.86. The molecule has 152 valence electrons. The lowest BCUT2D eigenvalue weighted by molar-refractivity contribution is 0.368. The molecule has 0 heterocycles. The summed E-state index contributed by atoms with van der Waals surface area (Å²) in [6, 6.07) is 2.96. The first-order chi connectivity index (χ1) is 13.2. The molecular weight excluding hydrogens is 336 g/mol. The first-order valence-corrected chi connectivity index (χ1v) is 10.6. The SMILES string of the molecule is CCCCCCC=CCCCCCCCC=Cc1cc(O)cc(OC)c1O. The van der Waals surface area contributed by atoms with E-state index in [-0.39, 0.29) is 11.5 Å². The van der Waals surface area contributed by atoms with E-state index in [2.05, 4.69) is 25.2 Å². The van der Waals surface area contributed by atoms with Crippen LogP contribution in [-0.4, -0.2) is 17.3 Å². The van der Waals surface area contributed by atoms with Gasteiger partial charge in [-0.25, -0.2) is 0 Å². The molecule has 0 saturated carbocycles. The Labute approximate surface area is 165 Å². The van der Waals surface area contributed by atoms with Gasteiger partial charge in [0, 0.05) is 11.6 Å². The molecule has 0 aliphatic heterocycles. The Kier molecular flexibility index (Phi) is 13.0. The molecule has 0 amide bonds. The number of hydrogen-bond acceptors (Lipinski definition) is 3. The third-order valence-electron chi connectivity index (χ3n) is 4.74. The van der Waals surface area contributed by atoms with Gasteiger partial charge in [-0.3, -0.25) is 0 Å². The summed E-state index contributed by atoms with van der Waals surface area (Å²) in [5.41, 5.74) is 0.591. The van der Waals surface area contributed by atoms with Crippen molar-refractivity contribution in [3.63, 3.8) is 0 Å². The lowest BCUT2D eigenvalue weighted by atomic mass is 10.1. The number of rotatable bonds is 15. The summed E-state index contributed by atoms with van der Waals surface area (Å²) in [5, 5.41) is 19.7. The van der Waals surface area contributed by atoms with Crippen LogP contribution in [0.25, 0.3) is 6.08 Å². The minimum absolute atomic E-state index is 0.0740. The molecule has 2 N–H and O–H groups in total. The van der Waals surface area contributed by atoms with E-state index in [1.807, 2.05) is 6.08 Å². The molecule has 0 aromatic heterocycles. The van der Waals surface area contributed by atoms with Crippen LogP contribution in [0.15, 0.2) is 30.4 Å². The number of phenolic OH excluding ortho intramolecular Hbond substituents is 2. The molecule has 3 heteroatoms. The van der Waals surface area contributed by atoms with Crippen molar-refractivity contribution in [2.75, 3.05) is 7.11 Å². The summed E-state index contributed by atoms with van der Waals surface area (Å²) < 4.78 is 5.05. The predicted molar refractivity (Wildman–Crippen MR) is 116 cm³/mol. The van der Waals surface area contributed by atoms with E-state index in [9.17, 15) is 10.2 Å². The fourth-order valence-corrected chi connectivity index (χ4v) is 3.09. The van der Waals surface area contributed by atoms with Crippen LogP contribution in [0.1, 0.15) is 89.5 Å². The molecule has 0 atom stereocenters. The van der Waals surface area contributed by atoms with Crippen LogP contribution in [0.4, 0.5) is 0 Å². The van der Waals surface area contributed by atoms with Crippen LogP contribution in [-0.2, 0) is 0 Å². The molecule has 0 aliphatic carbocycles. The highest BCUT2D eigenvalue weighted by molar-refractivity contribution is 5.64. The Hall–Kier alpha value is -1.90.